The number of thioether (sulfide) groups is 1. The highest BCUT2D eigenvalue weighted by Crippen LogP contribution is 2.32. The first-order valence-corrected chi connectivity index (χ1v) is 8.35. The molecule has 1 aliphatic carbocycles. The molecule has 1 aromatic carbocycles. The van der Waals surface area contributed by atoms with E-state index in [-0.39, 0.29) is 0 Å². The summed E-state index contributed by atoms with van der Waals surface area (Å²) < 4.78 is 0. The molecule has 1 aliphatic heterocycles. The van der Waals surface area contributed by atoms with Gasteiger partial charge in [-0.15, -0.1) is 0 Å². The smallest absolute Gasteiger partial charge is 0.157 e. The molecule has 1 aromatic rings. The van der Waals surface area contributed by atoms with Crippen LogP contribution in [0.4, 0.5) is 0 Å². The summed E-state index contributed by atoms with van der Waals surface area (Å²) in [5, 5.41) is 4.78. The molecule has 1 saturated heterocycles. The Balaban J connectivity index is 1.59. The third kappa shape index (κ3) is 3.14. The van der Waals surface area contributed by atoms with E-state index in [1.807, 2.05) is 11.8 Å². The molecule has 19 heavy (non-hydrogen) atoms. The number of amidine groups is 1. The summed E-state index contributed by atoms with van der Waals surface area (Å²) in [4.78, 5) is 4.74. The van der Waals surface area contributed by atoms with Crippen LogP contribution in [0.1, 0.15) is 37.3 Å². The van der Waals surface area contributed by atoms with Crippen molar-refractivity contribution in [3.63, 3.8) is 0 Å². The number of hydrogen-bond donors (Lipinski definition) is 1. The summed E-state index contributed by atoms with van der Waals surface area (Å²) >= 11 is 1.91. The minimum atomic E-state index is 0.697. The van der Waals surface area contributed by atoms with Gasteiger partial charge in [0, 0.05) is 11.8 Å². The molecule has 0 bridgehead atoms. The normalized spacial score (nSPS) is 28.2. The highest BCUT2D eigenvalue weighted by Gasteiger charge is 2.31. The summed E-state index contributed by atoms with van der Waals surface area (Å²) in [5.41, 5.74) is 2.70. The Morgan fingerprint density at radius 3 is 2.79 bits per heavy atom. The fraction of sp³-hybridized carbons (Fsp3) is 0.562. The third-order valence-electron chi connectivity index (χ3n) is 4.24. The van der Waals surface area contributed by atoms with Crippen molar-refractivity contribution in [2.24, 2.45) is 10.9 Å². The van der Waals surface area contributed by atoms with Gasteiger partial charge in [0.2, 0.25) is 0 Å². The Morgan fingerprint density at radius 2 is 2.00 bits per heavy atom. The van der Waals surface area contributed by atoms with Crippen LogP contribution in [0, 0.1) is 5.92 Å². The fourth-order valence-electron chi connectivity index (χ4n) is 2.95. The number of fused-ring (bicyclic) bond motifs is 1. The van der Waals surface area contributed by atoms with E-state index >= 15 is 0 Å². The van der Waals surface area contributed by atoms with Gasteiger partial charge in [-0.2, -0.15) is 0 Å². The lowest BCUT2D eigenvalue weighted by atomic mass is 10.1. The molecule has 1 saturated carbocycles. The van der Waals surface area contributed by atoms with Crippen molar-refractivity contribution in [3.8, 4) is 0 Å². The first-order chi connectivity index (χ1) is 9.35. The summed E-state index contributed by atoms with van der Waals surface area (Å²) in [6.07, 6.45) is 5.22. The van der Waals surface area contributed by atoms with Crippen LogP contribution < -0.4 is 5.32 Å². The van der Waals surface area contributed by atoms with Crippen molar-refractivity contribution in [2.75, 3.05) is 5.75 Å². The van der Waals surface area contributed by atoms with E-state index in [0.29, 0.717) is 6.04 Å². The number of hydrogen-bond acceptors (Lipinski definition) is 2. The average Bonchev–Trinajstić information content (AvgIpc) is 2.93. The highest BCUT2D eigenvalue weighted by atomic mass is 32.2. The maximum absolute atomic E-state index is 4.74. The van der Waals surface area contributed by atoms with Crippen molar-refractivity contribution in [3.05, 3.63) is 35.4 Å². The van der Waals surface area contributed by atoms with Crippen LogP contribution in [0.3, 0.4) is 0 Å². The van der Waals surface area contributed by atoms with Gasteiger partial charge in [-0.3, -0.25) is 4.99 Å². The Kier molecular flexibility index (Phi) is 4.12. The molecule has 0 amide bonds. The molecule has 3 rings (SSSR count). The van der Waals surface area contributed by atoms with Crippen LogP contribution in [0.2, 0.25) is 0 Å². The Morgan fingerprint density at radius 1 is 1.21 bits per heavy atom. The fourth-order valence-corrected chi connectivity index (χ4v) is 4.11. The number of nitrogens with zero attached hydrogens (tertiary/aromatic N) is 1. The van der Waals surface area contributed by atoms with Gasteiger partial charge in [-0.1, -0.05) is 49.4 Å². The van der Waals surface area contributed by atoms with Crippen molar-refractivity contribution in [1.29, 1.82) is 0 Å². The van der Waals surface area contributed by atoms with E-state index in [1.165, 1.54) is 36.1 Å². The topological polar surface area (TPSA) is 24.4 Å². The predicted molar refractivity (Wildman–Crippen MR) is 83.7 cm³/mol. The zero-order valence-corrected chi connectivity index (χ0v) is 12.4. The first-order valence-electron chi connectivity index (χ1n) is 7.36. The number of nitrogens with one attached hydrogen (secondary N) is 1. The number of benzene rings is 1. The quantitative estimate of drug-likeness (QED) is 0.910. The Hall–Kier alpha value is -0.960. The number of rotatable bonds is 3. The molecule has 2 fully saturated rings. The molecule has 0 aromatic heterocycles. The van der Waals surface area contributed by atoms with Gasteiger partial charge in [0.05, 0.1) is 6.54 Å². The van der Waals surface area contributed by atoms with Gasteiger partial charge in [0.25, 0.3) is 0 Å². The molecular weight excluding hydrogens is 252 g/mol. The minimum Gasteiger partial charge on any atom is -0.362 e. The van der Waals surface area contributed by atoms with E-state index in [4.69, 9.17) is 4.99 Å². The van der Waals surface area contributed by atoms with E-state index in [2.05, 4.69) is 36.5 Å². The Labute approximate surface area is 120 Å². The second kappa shape index (κ2) is 6.00. The maximum atomic E-state index is 4.74. The lowest BCUT2D eigenvalue weighted by Gasteiger charge is -2.28. The third-order valence-corrected chi connectivity index (χ3v) is 5.35. The van der Waals surface area contributed by atoms with Crippen molar-refractivity contribution < 1.29 is 0 Å². The van der Waals surface area contributed by atoms with Crippen LogP contribution in [0.5, 0.6) is 0 Å². The monoisotopic (exact) mass is 274 g/mol. The molecule has 2 unspecified atom stereocenters. The van der Waals surface area contributed by atoms with Crippen molar-refractivity contribution in [1.82, 2.24) is 5.32 Å². The predicted octanol–water partition coefficient (Wildman–Crippen LogP) is 3.61. The van der Waals surface area contributed by atoms with E-state index < -0.39 is 0 Å². The van der Waals surface area contributed by atoms with E-state index in [9.17, 15) is 0 Å². The average molecular weight is 274 g/mol. The van der Waals surface area contributed by atoms with Gasteiger partial charge in [-0.25, -0.2) is 0 Å². The van der Waals surface area contributed by atoms with Crippen molar-refractivity contribution >= 4 is 16.9 Å². The van der Waals surface area contributed by atoms with Gasteiger partial charge < -0.3 is 5.32 Å². The van der Waals surface area contributed by atoms with Crippen molar-refractivity contribution in [2.45, 2.75) is 45.2 Å². The van der Waals surface area contributed by atoms with Gasteiger partial charge >= 0.3 is 0 Å². The van der Waals surface area contributed by atoms with Gasteiger partial charge in [0.1, 0.15) is 0 Å². The van der Waals surface area contributed by atoms with Crippen LogP contribution >= 0.6 is 11.8 Å². The summed E-state index contributed by atoms with van der Waals surface area (Å²) in [6.45, 7) is 2.99. The molecule has 1 heterocycles. The standard InChI is InChI=1S/C16H22N2S/c1-2-12-6-8-13(9-7-12)10-17-16-18-15-5-3-4-14(15)11-19-16/h6-9,14-15H,2-5,10-11H2,1H3,(H,17,18). The first kappa shape index (κ1) is 13.0. The van der Waals surface area contributed by atoms with Crippen LogP contribution in [0.25, 0.3) is 0 Å². The molecule has 3 heteroatoms. The second-order valence-corrected chi connectivity index (χ2v) is 6.55. The Bertz CT molecular complexity index is 452. The van der Waals surface area contributed by atoms with Crippen LogP contribution in [0.15, 0.2) is 29.3 Å². The zero-order chi connectivity index (χ0) is 13.1. The summed E-state index contributed by atoms with van der Waals surface area (Å²) in [7, 11) is 0. The number of aliphatic imine (C=N–C) groups is 1. The molecule has 0 radical (unpaired) electrons. The molecule has 0 spiro atoms. The molecule has 102 valence electrons. The molecule has 2 aliphatic rings. The summed E-state index contributed by atoms with van der Waals surface area (Å²) in [6, 6.07) is 9.53. The lowest BCUT2D eigenvalue weighted by Crippen LogP contribution is -2.41. The molecular formula is C16H22N2S. The van der Waals surface area contributed by atoms with Crippen LogP contribution in [-0.4, -0.2) is 17.0 Å². The van der Waals surface area contributed by atoms with E-state index in [1.54, 1.807) is 0 Å². The highest BCUT2D eigenvalue weighted by molar-refractivity contribution is 8.13. The largest absolute Gasteiger partial charge is 0.362 e. The maximum Gasteiger partial charge on any atom is 0.157 e. The minimum absolute atomic E-state index is 0.697. The second-order valence-electron chi connectivity index (χ2n) is 5.54. The molecule has 2 nitrogen and oxygen atoms in total. The molecule has 2 atom stereocenters. The number of aryl methyl sites for hydroxylation is 1. The summed E-state index contributed by atoms with van der Waals surface area (Å²) in [5.74, 6) is 2.14. The molecule has 1 N–H and O–H groups in total. The van der Waals surface area contributed by atoms with Gasteiger partial charge in [0.15, 0.2) is 5.17 Å². The van der Waals surface area contributed by atoms with E-state index in [0.717, 1.165) is 24.1 Å². The zero-order valence-electron chi connectivity index (χ0n) is 11.6. The van der Waals surface area contributed by atoms with Crippen LogP contribution in [-0.2, 0) is 13.0 Å². The SMILES string of the molecule is CCc1ccc(CN=C2NC3CCCC3CS2)cc1. The van der Waals surface area contributed by atoms with Gasteiger partial charge in [-0.05, 0) is 36.3 Å². The lowest BCUT2D eigenvalue weighted by molar-refractivity contribution is 0.489.